The Bertz CT molecular complexity index is 1010. The lowest BCUT2D eigenvalue weighted by molar-refractivity contribution is -0.114. The van der Waals surface area contributed by atoms with E-state index in [2.05, 4.69) is 31.8 Å². The molecule has 0 amide bonds. The molecule has 41 heavy (non-hydrogen) atoms. The van der Waals surface area contributed by atoms with Gasteiger partial charge in [0.2, 0.25) is 0 Å². The quantitative estimate of drug-likeness (QED) is 0.0872. The second kappa shape index (κ2) is 16.8. The van der Waals surface area contributed by atoms with Gasteiger partial charge in [-0.15, -0.1) is 0 Å². The molecule has 5 N–H and O–H groups in total. The topological polar surface area (TPSA) is 120 Å². The van der Waals surface area contributed by atoms with Gasteiger partial charge in [-0.2, -0.15) is 0 Å². The van der Waals surface area contributed by atoms with Crippen LogP contribution in [0.4, 0.5) is 0 Å². The number of ether oxygens (including phenoxy) is 2. The number of methoxy groups -OCH3 is 1. The highest BCUT2D eigenvalue weighted by Crippen LogP contribution is 2.52. The number of hydrogen-bond donors (Lipinski definition) is 3. The minimum absolute atomic E-state index is 0.0927. The average Bonchev–Trinajstić information content (AvgIpc) is 3.44. The molecular formula is C34H55N3O4. The zero-order valence-electron chi connectivity index (χ0n) is 25.9. The monoisotopic (exact) mass is 569 g/mol. The number of carbonyl (C=O) groups excluding carboxylic acids is 1. The molecule has 1 aromatic carbocycles. The first-order valence-electron chi connectivity index (χ1n) is 16.0. The van der Waals surface area contributed by atoms with Gasteiger partial charge in [0.1, 0.15) is 0 Å². The largest absolute Gasteiger partial charge is 0.504 e. The predicted octanol–water partition coefficient (Wildman–Crippen LogP) is 6.80. The first-order chi connectivity index (χ1) is 19.7. The van der Waals surface area contributed by atoms with Crippen LogP contribution in [0.25, 0.3) is 0 Å². The van der Waals surface area contributed by atoms with Crippen molar-refractivity contribution in [2.75, 3.05) is 13.7 Å². The Hall–Kier alpha value is -2.54. The number of aryl methyl sites for hydroxylation is 1. The summed E-state index contributed by atoms with van der Waals surface area (Å²) in [6.45, 7) is 7.23. The van der Waals surface area contributed by atoms with Gasteiger partial charge in [-0.3, -0.25) is 9.79 Å². The highest BCUT2D eigenvalue weighted by molar-refractivity contribution is 5.89. The summed E-state index contributed by atoms with van der Waals surface area (Å²) in [7, 11) is 1.80. The van der Waals surface area contributed by atoms with Gasteiger partial charge in [0.15, 0.2) is 23.2 Å². The fourth-order valence-corrected chi connectivity index (χ4v) is 7.00. The lowest BCUT2D eigenvalue weighted by Crippen LogP contribution is -2.38. The first-order valence-corrected chi connectivity index (χ1v) is 16.0. The molecule has 7 heteroatoms. The van der Waals surface area contributed by atoms with Gasteiger partial charge in [-0.1, -0.05) is 39.3 Å². The van der Waals surface area contributed by atoms with E-state index in [-0.39, 0.29) is 41.5 Å². The lowest BCUT2D eigenvalue weighted by Gasteiger charge is -2.44. The molecule has 0 aromatic heterocycles. The fourth-order valence-electron chi connectivity index (χ4n) is 7.00. The molecule has 0 saturated heterocycles. The van der Waals surface area contributed by atoms with Crippen LogP contribution in [0.15, 0.2) is 29.3 Å². The summed E-state index contributed by atoms with van der Waals surface area (Å²) >= 11 is 0. The Labute approximate surface area is 248 Å². The molecule has 3 rings (SSSR count). The van der Waals surface area contributed by atoms with E-state index in [4.69, 9.17) is 20.9 Å². The lowest BCUT2D eigenvalue weighted by atomic mass is 9.63. The van der Waals surface area contributed by atoms with Crippen LogP contribution >= 0.6 is 0 Å². The van der Waals surface area contributed by atoms with E-state index < -0.39 is 0 Å². The molecule has 0 spiro atoms. The van der Waals surface area contributed by atoms with Crippen molar-refractivity contribution in [1.82, 2.24) is 0 Å². The Kier molecular flexibility index (Phi) is 13.5. The van der Waals surface area contributed by atoms with Gasteiger partial charge >= 0.3 is 0 Å². The van der Waals surface area contributed by atoms with Crippen molar-refractivity contribution in [2.45, 2.75) is 122 Å². The second-order valence-corrected chi connectivity index (χ2v) is 12.6. The summed E-state index contributed by atoms with van der Waals surface area (Å²) < 4.78 is 12.5. The highest BCUT2D eigenvalue weighted by Gasteiger charge is 2.42. The van der Waals surface area contributed by atoms with Crippen molar-refractivity contribution in [3.63, 3.8) is 0 Å². The smallest absolute Gasteiger partial charge is 0.185 e. The van der Waals surface area contributed by atoms with Gasteiger partial charge in [0, 0.05) is 25.6 Å². The number of allylic oxidation sites excluding steroid dienone is 2. The van der Waals surface area contributed by atoms with Crippen LogP contribution in [0.3, 0.4) is 0 Å². The molecule has 2 fully saturated rings. The van der Waals surface area contributed by atoms with Crippen LogP contribution < -0.4 is 16.2 Å². The van der Waals surface area contributed by atoms with Crippen LogP contribution in [-0.4, -0.2) is 42.7 Å². The molecule has 2 aliphatic carbocycles. The van der Waals surface area contributed by atoms with Crippen LogP contribution in [0, 0.1) is 17.8 Å². The summed E-state index contributed by atoms with van der Waals surface area (Å²) in [4.78, 5) is 16.8. The summed E-state index contributed by atoms with van der Waals surface area (Å²) in [6.07, 6.45) is 16.1. The highest BCUT2D eigenvalue weighted by atomic mass is 16.5. The number of rotatable bonds is 16. The molecule has 0 heterocycles. The van der Waals surface area contributed by atoms with Crippen molar-refractivity contribution in [1.29, 1.82) is 0 Å². The Balaban J connectivity index is 2.01. The molecule has 2 saturated carbocycles. The van der Waals surface area contributed by atoms with E-state index in [9.17, 15) is 9.90 Å². The van der Waals surface area contributed by atoms with E-state index >= 15 is 0 Å². The van der Waals surface area contributed by atoms with E-state index in [1.165, 1.54) is 0 Å². The minimum atomic E-state index is 0.0927. The number of aromatic hydroxyl groups is 1. The molecule has 4 atom stereocenters. The maximum absolute atomic E-state index is 12.6. The van der Waals surface area contributed by atoms with Crippen LogP contribution in [-0.2, 0) is 16.0 Å². The first kappa shape index (κ1) is 33.0. The van der Waals surface area contributed by atoms with Gasteiger partial charge in [-0.05, 0) is 112 Å². The Morgan fingerprint density at radius 3 is 2.59 bits per heavy atom. The summed E-state index contributed by atoms with van der Waals surface area (Å²) in [5, 5.41) is 11.8. The van der Waals surface area contributed by atoms with E-state index in [0.29, 0.717) is 37.0 Å². The maximum Gasteiger partial charge on any atom is 0.185 e. The van der Waals surface area contributed by atoms with Crippen LogP contribution in [0.1, 0.15) is 115 Å². The van der Waals surface area contributed by atoms with E-state index in [1.54, 1.807) is 13.2 Å². The van der Waals surface area contributed by atoms with Gasteiger partial charge in [0.05, 0.1) is 12.2 Å². The number of ketones is 1. The molecule has 0 unspecified atom stereocenters. The molecular weight excluding hydrogens is 514 g/mol. The SMILES string of the molecule is CCC/C=C/C(=O)CCc1cc(OC2CCCC2)c(O)c([C@H]2[C@H](CC(C)C)CC[C@H](OC)[C@@H]2CCCN=C(N)N)c1. The third kappa shape index (κ3) is 10.1. The number of hydrogen-bond acceptors (Lipinski definition) is 5. The zero-order chi connectivity index (χ0) is 29.8. The predicted molar refractivity (Wildman–Crippen MR) is 167 cm³/mol. The van der Waals surface area contributed by atoms with Crippen molar-refractivity contribution in [3.05, 3.63) is 35.4 Å². The van der Waals surface area contributed by atoms with Crippen LogP contribution in [0.5, 0.6) is 11.5 Å². The molecule has 7 nitrogen and oxygen atoms in total. The van der Waals surface area contributed by atoms with Crippen molar-refractivity contribution in [2.24, 2.45) is 34.2 Å². The van der Waals surface area contributed by atoms with Gasteiger partial charge < -0.3 is 26.0 Å². The number of benzene rings is 1. The number of aliphatic imine (C=N–C) groups is 1. The van der Waals surface area contributed by atoms with Crippen molar-refractivity contribution in [3.8, 4) is 11.5 Å². The number of unbranched alkanes of at least 4 members (excludes halogenated alkanes) is 1. The molecule has 230 valence electrons. The second-order valence-electron chi connectivity index (χ2n) is 12.6. The third-order valence-corrected chi connectivity index (χ3v) is 8.87. The number of nitrogens with zero attached hydrogens (tertiary/aromatic N) is 1. The van der Waals surface area contributed by atoms with E-state index in [0.717, 1.165) is 81.8 Å². The number of carbonyl (C=O) groups is 1. The average molecular weight is 570 g/mol. The molecule has 0 bridgehead atoms. The fraction of sp³-hybridized carbons (Fsp3) is 0.706. The number of phenolic OH excluding ortho intramolecular Hbond substituents is 1. The normalized spacial score (nSPS) is 23.3. The third-order valence-electron chi connectivity index (χ3n) is 8.87. The standard InChI is InChI=1S/C34H55N3O4/c1-5-6-7-11-26(38)17-15-24-21-29(33(39)31(22-24)41-27-12-8-9-13-27)32-25(20-23(2)3)16-18-30(40-4)28(32)14-10-19-37-34(35)36/h7,11,21-23,25,27-28,30,32,39H,5-6,8-10,12-20H2,1-4H3,(H4,35,36,37)/b11-7+/t25-,28-,30-,32-/m0/s1. The van der Waals surface area contributed by atoms with Gasteiger partial charge in [-0.25, -0.2) is 0 Å². The maximum atomic E-state index is 12.6. The Morgan fingerprint density at radius 1 is 1.17 bits per heavy atom. The molecule has 0 aliphatic heterocycles. The summed E-state index contributed by atoms with van der Waals surface area (Å²) in [5.41, 5.74) is 13.2. The van der Waals surface area contributed by atoms with Crippen molar-refractivity contribution < 1.29 is 19.4 Å². The molecule has 0 radical (unpaired) electrons. The summed E-state index contributed by atoms with van der Waals surface area (Å²) in [5.74, 6) is 2.36. The van der Waals surface area contributed by atoms with Crippen molar-refractivity contribution >= 4 is 11.7 Å². The van der Waals surface area contributed by atoms with Gasteiger partial charge in [0.25, 0.3) is 0 Å². The zero-order valence-corrected chi connectivity index (χ0v) is 25.9. The molecule has 2 aliphatic rings. The Morgan fingerprint density at radius 2 is 1.93 bits per heavy atom. The number of phenols is 1. The number of nitrogens with two attached hydrogens (primary N) is 2. The van der Waals surface area contributed by atoms with Crippen LogP contribution in [0.2, 0.25) is 0 Å². The minimum Gasteiger partial charge on any atom is -0.504 e. The molecule has 1 aromatic rings. The number of guanidine groups is 1. The van der Waals surface area contributed by atoms with E-state index in [1.807, 2.05) is 12.1 Å². The summed E-state index contributed by atoms with van der Waals surface area (Å²) in [6, 6.07) is 4.13.